The molecule has 208 valence electrons. The lowest BCUT2D eigenvalue weighted by Gasteiger charge is -2.36. The third kappa shape index (κ3) is 5.08. The number of nitrogens with zero attached hydrogens (tertiary/aromatic N) is 1. The molecule has 6 atom stereocenters. The molecule has 1 aliphatic carbocycles. The number of thioether (sulfide) groups is 1. The number of halogens is 1. The van der Waals surface area contributed by atoms with Crippen LogP contribution >= 0.6 is 27.7 Å². The summed E-state index contributed by atoms with van der Waals surface area (Å²) >= 11 is 5.47. The maximum absolute atomic E-state index is 14.0. The molecular weight excluding hydrogens is 570 g/mol. The number of benzene rings is 1. The first-order chi connectivity index (χ1) is 18.4. The second kappa shape index (κ2) is 11.8. The molecular formula is C28H38BrN3O5S. The molecule has 3 heterocycles. The molecule has 38 heavy (non-hydrogen) atoms. The first-order valence-electron chi connectivity index (χ1n) is 14.0. The van der Waals surface area contributed by atoms with E-state index in [4.69, 9.17) is 4.74 Å². The fourth-order valence-corrected chi connectivity index (χ4v) is 10.5. The Labute approximate surface area is 237 Å². The van der Waals surface area contributed by atoms with Crippen LogP contribution in [0.1, 0.15) is 58.3 Å². The van der Waals surface area contributed by atoms with Crippen LogP contribution in [-0.2, 0) is 14.4 Å². The summed E-state index contributed by atoms with van der Waals surface area (Å²) in [5, 5.41) is 15.6. The van der Waals surface area contributed by atoms with E-state index in [1.165, 1.54) is 6.42 Å². The molecule has 1 spiro atoms. The highest BCUT2D eigenvalue weighted by atomic mass is 79.9. The quantitative estimate of drug-likeness (QED) is 0.276. The van der Waals surface area contributed by atoms with Crippen LogP contribution in [0.15, 0.2) is 24.3 Å². The third-order valence-corrected chi connectivity index (χ3v) is 11.8. The number of carbonyl (C=O) groups excluding carboxylic acids is 3. The summed E-state index contributed by atoms with van der Waals surface area (Å²) in [5.74, 6) is -0.725. The first kappa shape index (κ1) is 27.8. The lowest BCUT2D eigenvalue weighted by atomic mass is 9.70. The predicted octanol–water partition coefficient (Wildman–Crippen LogP) is 3.71. The van der Waals surface area contributed by atoms with E-state index in [9.17, 15) is 19.5 Å². The number of alkyl halides is 1. The standard InChI is InChI=1S/C28H38BrN3O5S/c1-2-37-19-12-10-18(11-13-19)30-25(34)21-22-27(36)32(14-6-7-15-33)24(28(22)16-20(29)23(21)38-28)26(35)31-17-8-4-3-5-9-17/h10-13,17,20-24,33H,2-9,14-16H2,1H3,(H,30,34)(H,31,35)/t20?,21-,22-,23-,24?,28?/m0/s1. The fraction of sp³-hybridized carbons (Fsp3) is 0.679. The Morgan fingerprint density at radius 2 is 1.89 bits per heavy atom. The van der Waals surface area contributed by atoms with E-state index in [1.54, 1.807) is 16.7 Å². The van der Waals surface area contributed by atoms with Crippen molar-refractivity contribution >= 4 is 51.1 Å². The van der Waals surface area contributed by atoms with Gasteiger partial charge in [-0.3, -0.25) is 14.4 Å². The average Bonchev–Trinajstić information content (AvgIpc) is 3.49. The van der Waals surface area contributed by atoms with Crippen molar-refractivity contribution in [2.75, 3.05) is 25.1 Å². The minimum atomic E-state index is -0.644. The molecule has 1 aromatic carbocycles. The maximum Gasteiger partial charge on any atom is 0.244 e. The van der Waals surface area contributed by atoms with Crippen LogP contribution in [0.3, 0.4) is 0 Å². The largest absolute Gasteiger partial charge is 0.494 e. The maximum atomic E-state index is 14.0. The van der Waals surface area contributed by atoms with Gasteiger partial charge in [0.1, 0.15) is 11.8 Å². The highest BCUT2D eigenvalue weighted by molar-refractivity contribution is 9.09. The molecule has 4 aliphatic rings. The van der Waals surface area contributed by atoms with Crippen LogP contribution in [0.4, 0.5) is 5.69 Å². The number of hydrogen-bond donors (Lipinski definition) is 3. The number of unbranched alkanes of at least 4 members (excludes halogenated alkanes) is 1. The van der Waals surface area contributed by atoms with Crippen molar-refractivity contribution in [3.05, 3.63) is 24.3 Å². The number of aliphatic hydroxyl groups excluding tert-OH is 1. The molecule has 1 aromatic rings. The number of ether oxygens (including phenoxy) is 1. The van der Waals surface area contributed by atoms with Gasteiger partial charge < -0.3 is 25.4 Å². The normalized spacial score (nSPS) is 32.3. The molecule has 3 amide bonds. The van der Waals surface area contributed by atoms with Crippen molar-refractivity contribution in [1.82, 2.24) is 10.2 Å². The molecule has 0 aromatic heterocycles. The van der Waals surface area contributed by atoms with E-state index in [1.807, 2.05) is 31.2 Å². The zero-order chi connectivity index (χ0) is 26.9. The predicted molar refractivity (Wildman–Crippen MR) is 151 cm³/mol. The van der Waals surface area contributed by atoms with Gasteiger partial charge in [-0.05, 0) is 63.3 Å². The van der Waals surface area contributed by atoms with E-state index < -0.39 is 22.6 Å². The summed E-state index contributed by atoms with van der Waals surface area (Å²) in [6.45, 7) is 2.94. The van der Waals surface area contributed by atoms with Crippen molar-refractivity contribution in [2.45, 2.75) is 85.2 Å². The third-order valence-electron chi connectivity index (χ3n) is 8.53. The van der Waals surface area contributed by atoms with Gasteiger partial charge in [-0.2, -0.15) is 0 Å². The van der Waals surface area contributed by atoms with Crippen LogP contribution < -0.4 is 15.4 Å². The molecule has 0 radical (unpaired) electrons. The zero-order valence-electron chi connectivity index (χ0n) is 21.9. The number of fused-ring (bicyclic) bond motifs is 1. The van der Waals surface area contributed by atoms with Crippen molar-refractivity contribution < 1.29 is 24.2 Å². The lowest BCUT2D eigenvalue weighted by molar-refractivity contribution is -0.139. The van der Waals surface area contributed by atoms with Gasteiger partial charge in [0, 0.05) is 35.0 Å². The lowest BCUT2D eigenvalue weighted by Crippen LogP contribution is -2.56. The molecule has 2 bridgehead atoms. The Kier molecular flexibility index (Phi) is 8.60. The van der Waals surface area contributed by atoms with Gasteiger partial charge in [0.2, 0.25) is 17.7 Å². The molecule has 1 saturated carbocycles. The molecule has 3 unspecified atom stereocenters. The van der Waals surface area contributed by atoms with Gasteiger partial charge in [-0.1, -0.05) is 35.2 Å². The number of rotatable bonds is 10. The van der Waals surface area contributed by atoms with Crippen LogP contribution in [0.25, 0.3) is 0 Å². The second-order valence-electron chi connectivity index (χ2n) is 10.9. The number of anilines is 1. The summed E-state index contributed by atoms with van der Waals surface area (Å²) in [4.78, 5) is 43.4. The number of hydrogen-bond acceptors (Lipinski definition) is 6. The minimum Gasteiger partial charge on any atom is -0.494 e. The van der Waals surface area contributed by atoms with E-state index in [0.717, 1.165) is 31.4 Å². The van der Waals surface area contributed by atoms with E-state index >= 15 is 0 Å². The summed E-state index contributed by atoms with van der Waals surface area (Å²) < 4.78 is 4.86. The molecule has 10 heteroatoms. The van der Waals surface area contributed by atoms with Crippen molar-refractivity contribution in [1.29, 1.82) is 0 Å². The Balaban J connectivity index is 1.40. The Hall–Kier alpha value is -1.78. The SMILES string of the molecule is CCOc1ccc(NC(=O)[C@H]2[C@H]3C(=O)N(CCCCO)C(C(=O)NC4CCCCC4)C34CC(Br)[C@@H]2S4)cc1. The van der Waals surface area contributed by atoms with E-state index in [2.05, 4.69) is 26.6 Å². The highest BCUT2D eigenvalue weighted by Gasteiger charge is 2.75. The van der Waals surface area contributed by atoms with Gasteiger partial charge in [0.15, 0.2) is 0 Å². The Morgan fingerprint density at radius 1 is 1.16 bits per heavy atom. The second-order valence-corrected chi connectivity index (χ2v) is 13.6. The topological polar surface area (TPSA) is 108 Å². The zero-order valence-corrected chi connectivity index (χ0v) is 24.3. The highest BCUT2D eigenvalue weighted by Crippen LogP contribution is 2.67. The number of aliphatic hydroxyl groups is 1. The van der Waals surface area contributed by atoms with Crippen molar-refractivity contribution in [2.24, 2.45) is 11.8 Å². The smallest absolute Gasteiger partial charge is 0.244 e. The Bertz CT molecular complexity index is 1040. The van der Waals surface area contributed by atoms with Gasteiger partial charge in [0.25, 0.3) is 0 Å². The van der Waals surface area contributed by atoms with E-state index in [0.29, 0.717) is 38.1 Å². The molecule has 4 fully saturated rings. The van der Waals surface area contributed by atoms with Crippen molar-refractivity contribution in [3.63, 3.8) is 0 Å². The molecule has 3 aliphatic heterocycles. The number of nitrogens with one attached hydrogen (secondary N) is 2. The Morgan fingerprint density at radius 3 is 2.58 bits per heavy atom. The fourth-order valence-electron chi connectivity index (χ4n) is 6.92. The minimum absolute atomic E-state index is 0.0370. The van der Waals surface area contributed by atoms with Crippen LogP contribution in [0, 0.1) is 11.8 Å². The van der Waals surface area contributed by atoms with Crippen LogP contribution in [0.5, 0.6) is 5.75 Å². The average molecular weight is 609 g/mol. The van der Waals surface area contributed by atoms with Gasteiger partial charge in [-0.15, -0.1) is 11.8 Å². The molecule has 5 rings (SSSR count). The van der Waals surface area contributed by atoms with Crippen molar-refractivity contribution in [3.8, 4) is 5.75 Å². The number of amides is 3. The number of carbonyl (C=O) groups is 3. The monoisotopic (exact) mass is 607 g/mol. The van der Waals surface area contributed by atoms with E-state index in [-0.39, 0.29) is 40.4 Å². The molecule has 3 saturated heterocycles. The molecule has 8 nitrogen and oxygen atoms in total. The van der Waals surface area contributed by atoms with Gasteiger partial charge >= 0.3 is 0 Å². The van der Waals surface area contributed by atoms with Crippen LogP contribution in [0.2, 0.25) is 0 Å². The summed E-state index contributed by atoms with van der Waals surface area (Å²) in [6.07, 6.45) is 7.21. The number of likely N-dealkylation sites (tertiary alicyclic amines) is 1. The van der Waals surface area contributed by atoms with Crippen LogP contribution in [-0.4, -0.2) is 74.4 Å². The summed E-state index contributed by atoms with van der Waals surface area (Å²) in [6, 6.07) is 6.78. The summed E-state index contributed by atoms with van der Waals surface area (Å²) in [7, 11) is 0. The summed E-state index contributed by atoms with van der Waals surface area (Å²) in [5.41, 5.74) is 0.656. The first-order valence-corrected chi connectivity index (χ1v) is 15.8. The van der Waals surface area contributed by atoms with Gasteiger partial charge in [-0.25, -0.2) is 0 Å². The van der Waals surface area contributed by atoms with Gasteiger partial charge in [0.05, 0.1) is 23.2 Å². The molecule has 3 N–H and O–H groups in total.